The first-order chi connectivity index (χ1) is 13.4. The Hall–Kier alpha value is -2.86. The van der Waals surface area contributed by atoms with Gasteiger partial charge in [0.05, 0.1) is 28.8 Å². The van der Waals surface area contributed by atoms with Crippen LogP contribution in [0.1, 0.15) is 30.5 Å². The fraction of sp³-hybridized carbons (Fsp3) is 0.273. The number of aryl methyl sites for hydroxylation is 2. The average molecular weight is 394 g/mol. The number of rotatable bonds is 4. The Balaban J connectivity index is 1.85. The second-order valence-electron chi connectivity index (χ2n) is 7.15. The van der Waals surface area contributed by atoms with Crippen molar-refractivity contribution >= 4 is 33.4 Å². The third-order valence-electron chi connectivity index (χ3n) is 4.70. The largest absolute Gasteiger partial charge is 0.493 e. The summed E-state index contributed by atoms with van der Waals surface area (Å²) in [6.07, 6.45) is 1.93. The number of thiazole rings is 1. The molecule has 2 heterocycles. The van der Waals surface area contributed by atoms with Gasteiger partial charge in [-0.1, -0.05) is 17.4 Å². The molecule has 0 saturated carbocycles. The molecular weight excluding hydrogens is 372 g/mol. The molecule has 2 aromatic carbocycles. The molecule has 0 spiro atoms. The lowest BCUT2D eigenvalue weighted by molar-refractivity contribution is 0.230. The van der Waals surface area contributed by atoms with Crippen LogP contribution in [0.2, 0.25) is 0 Å². The molecule has 0 N–H and O–H groups in total. The average Bonchev–Trinajstić information content (AvgIpc) is 3.13. The van der Waals surface area contributed by atoms with E-state index in [0.717, 1.165) is 22.2 Å². The van der Waals surface area contributed by atoms with Crippen LogP contribution in [-0.4, -0.2) is 22.6 Å². The van der Waals surface area contributed by atoms with E-state index >= 15 is 0 Å². The summed E-state index contributed by atoms with van der Waals surface area (Å²) in [6, 6.07) is 9.74. The van der Waals surface area contributed by atoms with Crippen LogP contribution in [0.25, 0.3) is 22.1 Å². The van der Waals surface area contributed by atoms with Crippen LogP contribution < -0.4 is 19.6 Å². The van der Waals surface area contributed by atoms with Gasteiger partial charge in [-0.2, -0.15) is 0 Å². The van der Waals surface area contributed by atoms with Crippen molar-refractivity contribution in [2.75, 3.05) is 7.11 Å². The van der Waals surface area contributed by atoms with Crippen molar-refractivity contribution in [1.29, 1.82) is 0 Å². The van der Waals surface area contributed by atoms with Crippen molar-refractivity contribution in [2.24, 2.45) is 0 Å². The Kier molecular flexibility index (Phi) is 4.59. The molecule has 6 heteroatoms. The van der Waals surface area contributed by atoms with Gasteiger partial charge in [0.25, 0.3) is 5.56 Å². The van der Waals surface area contributed by atoms with E-state index in [-0.39, 0.29) is 11.7 Å². The molecule has 0 aliphatic rings. The minimum Gasteiger partial charge on any atom is -0.493 e. The Morgan fingerprint density at radius 1 is 1.11 bits per heavy atom. The lowest BCUT2D eigenvalue weighted by Gasteiger charge is -2.13. The van der Waals surface area contributed by atoms with Crippen LogP contribution in [0.3, 0.4) is 0 Å². The molecule has 2 aromatic heterocycles. The van der Waals surface area contributed by atoms with Crippen molar-refractivity contribution in [3.63, 3.8) is 0 Å². The Labute approximate surface area is 166 Å². The standard InChI is InChI=1S/C22H22N2O3S/c1-12(2)27-18-7-6-15(10-19(18)26-5)11-20-21(25)24-17-9-14(4)13(3)8-16(17)23-22(24)28-20/h6-12H,1-5H3. The highest BCUT2D eigenvalue weighted by molar-refractivity contribution is 7.15. The summed E-state index contributed by atoms with van der Waals surface area (Å²) in [5.41, 5.74) is 4.87. The van der Waals surface area contributed by atoms with E-state index in [0.29, 0.717) is 21.0 Å². The highest BCUT2D eigenvalue weighted by Gasteiger charge is 2.13. The molecule has 0 saturated heterocycles. The number of aromatic nitrogens is 2. The molecule has 0 radical (unpaired) electrons. The van der Waals surface area contributed by atoms with Crippen LogP contribution in [-0.2, 0) is 0 Å². The summed E-state index contributed by atoms with van der Waals surface area (Å²) in [6.45, 7) is 8.04. The van der Waals surface area contributed by atoms with E-state index in [2.05, 4.69) is 11.9 Å². The van der Waals surface area contributed by atoms with Crippen molar-refractivity contribution < 1.29 is 9.47 Å². The fourth-order valence-corrected chi connectivity index (χ4v) is 4.18. The molecule has 0 atom stereocenters. The van der Waals surface area contributed by atoms with Crippen molar-refractivity contribution in [3.05, 3.63) is 61.9 Å². The predicted octanol–water partition coefficient (Wildman–Crippen LogP) is 3.87. The summed E-state index contributed by atoms with van der Waals surface area (Å²) in [4.78, 5) is 18.4. The van der Waals surface area contributed by atoms with Gasteiger partial charge in [0, 0.05) is 0 Å². The summed E-state index contributed by atoms with van der Waals surface area (Å²) in [5.74, 6) is 1.34. The normalized spacial score (nSPS) is 12.4. The van der Waals surface area contributed by atoms with Gasteiger partial charge in [0.2, 0.25) is 0 Å². The maximum Gasteiger partial charge on any atom is 0.274 e. The van der Waals surface area contributed by atoms with Crippen LogP contribution in [0.15, 0.2) is 35.1 Å². The topological polar surface area (TPSA) is 52.8 Å². The third kappa shape index (κ3) is 3.14. The van der Waals surface area contributed by atoms with E-state index in [9.17, 15) is 4.79 Å². The van der Waals surface area contributed by atoms with Gasteiger partial charge in [-0.05, 0) is 74.7 Å². The zero-order valence-corrected chi connectivity index (χ0v) is 17.4. The Bertz CT molecular complexity index is 1300. The maximum absolute atomic E-state index is 13.0. The molecular formula is C22H22N2O3S. The molecule has 4 rings (SSSR count). The van der Waals surface area contributed by atoms with E-state index in [4.69, 9.17) is 9.47 Å². The summed E-state index contributed by atoms with van der Waals surface area (Å²) < 4.78 is 13.5. The smallest absolute Gasteiger partial charge is 0.274 e. The van der Waals surface area contributed by atoms with E-state index in [1.54, 1.807) is 11.5 Å². The molecule has 5 nitrogen and oxygen atoms in total. The number of nitrogens with zero attached hydrogens (tertiary/aromatic N) is 2. The number of methoxy groups -OCH3 is 1. The van der Waals surface area contributed by atoms with Gasteiger partial charge in [-0.25, -0.2) is 9.38 Å². The van der Waals surface area contributed by atoms with Crippen molar-refractivity contribution in [3.8, 4) is 11.5 Å². The molecule has 0 aliphatic heterocycles. The lowest BCUT2D eigenvalue weighted by Crippen LogP contribution is -2.22. The number of benzene rings is 2. The zero-order chi connectivity index (χ0) is 20.0. The Morgan fingerprint density at radius 2 is 1.86 bits per heavy atom. The van der Waals surface area contributed by atoms with Gasteiger partial charge < -0.3 is 9.47 Å². The highest BCUT2D eigenvalue weighted by atomic mass is 32.1. The predicted molar refractivity (Wildman–Crippen MR) is 114 cm³/mol. The van der Waals surface area contributed by atoms with Gasteiger partial charge in [-0.3, -0.25) is 4.79 Å². The molecule has 0 bridgehead atoms. The lowest BCUT2D eigenvalue weighted by atomic mass is 10.1. The number of hydrogen-bond acceptors (Lipinski definition) is 5. The van der Waals surface area contributed by atoms with Crippen LogP contribution in [0, 0.1) is 13.8 Å². The van der Waals surface area contributed by atoms with Crippen molar-refractivity contribution in [1.82, 2.24) is 9.38 Å². The first-order valence-corrected chi connectivity index (χ1v) is 9.97. The van der Waals surface area contributed by atoms with Crippen LogP contribution in [0.5, 0.6) is 11.5 Å². The van der Waals surface area contributed by atoms with Gasteiger partial charge >= 0.3 is 0 Å². The van der Waals surface area contributed by atoms with Crippen LogP contribution >= 0.6 is 11.3 Å². The van der Waals surface area contributed by atoms with Crippen LogP contribution in [0.4, 0.5) is 0 Å². The quantitative estimate of drug-likeness (QED) is 0.527. The number of imidazole rings is 1. The van der Waals surface area contributed by atoms with Gasteiger partial charge in [0.15, 0.2) is 16.5 Å². The Morgan fingerprint density at radius 3 is 2.57 bits per heavy atom. The van der Waals surface area contributed by atoms with Crippen molar-refractivity contribution in [2.45, 2.75) is 33.8 Å². The number of fused-ring (bicyclic) bond motifs is 3. The SMILES string of the molecule is COc1cc(C=c2sc3nc4cc(C)c(C)cc4n3c2=O)ccc1OC(C)C. The summed E-state index contributed by atoms with van der Waals surface area (Å²) in [7, 11) is 1.61. The zero-order valence-electron chi connectivity index (χ0n) is 16.6. The second-order valence-corrected chi connectivity index (χ2v) is 8.16. The second kappa shape index (κ2) is 6.95. The molecule has 0 unspecified atom stereocenters. The summed E-state index contributed by atoms with van der Waals surface area (Å²) >= 11 is 1.40. The molecule has 28 heavy (non-hydrogen) atoms. The summed E-state index contributed by atoms with van der Waals surface area (Å²) in [5, 5.41) is 0. The van der Waals surface area contributed by atoms with E-state index in [1.165, 1.54) is 16.9 Å². The molecule has 4 aromatic rings. The fourth-order valence-electron chi connectivity index (χ4n) is 3.20. The minimum atomic E-state index is -0.0489. The van der Waals surface area contributed by atoms with E-state index in [1.807, 2.05) is 57.2 Å². The molecule has 0 fully saturated rings. The highest BCUT2D eigenvalue weighted by Crippen LogP contribution is 2.29. The van der Waals surface area contributed by atoms with E-state index < -0.39 is 0 Å². The van der Waals surface area contributed by atoms with Gasteiger partial charge in [0.1, 0.15) is 0 Å². The first kappa shape index (κ1) is 18.5. The molecule has 0 amide bonds. The number of ether oxygens (including phenoxy) is 2. The molecule has 144 valence electrons. The van der Waals surface area contributed by atoms with Gasteiger partial charge in [-0.15, -0.1) is 0 Å². The monoisotopic (exact) mass is 394 g/mol. The first-order valence-electron chi connectivity index (χ1n) is 9.16. The number of hydrogen-bond donors (Lipinski definition) is 0. The minimum absolute atomic E-state index is 0.0489. The maximum atomic E-state index is 13.0. The molecule has 0 aliphatic carbocycles. The third-order valence-corrected chi connectivity index (χ3v) is 5.67.